The number of hydrogen-bond acceptors (Lipinski definition) is 7. The first kappa shape index (κ1) is 23.5. The molecular weight excluding hydrogens is 478 g/mol. The first-order valence-corrected chi connectivity index (χ1v) is 11.4. The molecule has 0 radical (unpaired) electrons. The van der Waals surface area contributed by atoms with Crippen LogP contribution in [-0.4, -0.2) is 23.4 Å². The molecule has 0 saturated carbocycles. The lowest BCUT2D eigenvalue weighted by atomic mass is 10.1. The van der Waals surface area contributed by atoms with E-state index in [-0.39, 0.29) is 18.2 Å². The van der Waals surface area contributed by atoms with Crippen LogP contribution < -0.4 is 20.1 Å². The van der Waals surface area contributed by atoms with Gasteiger partial charge in [0.2, 0.25) is 0 Å². The summed E-state index contributed by atoms with van der Waals surface area (Å²) >= 11 is 7.42. The van der Waals surface area contributed by atoms with Crippen molar-refractivity contribution in [2.45, 2.75) is 12.1 Å². The van der Waals surface area contributed by atoms with Crippen molar-refractivity contribution in [3.63, 3.8) is 0 Å². The highest BCUT2D eigenvalue weighted by Crippen LogP contribution is 2.35. The first-order chi connectivity index (χ1) is 16.4. The SMILES string of the molecule is COc1ccc(Cl)cc1NC1NC(=O)/C(=C/c2ccccc2OCc2ccc([N+](=O)[O-])cc2)S1. The fourth-order valence-electron chi connectivity index (χ4n) is 3.25. The largest absolute Gasteiger partial charge is 0.495 e. The lowest BCUT2D eigenvalue weighted by Gasteiger charge is -2.15. The van der Waals surface area contributed by atoms with Gasteiger partial charge in [-0.05, 0) is 48.0 Å². The monoisotopic (exact) mass is 497 g/mol. The van der Waals surface area contributed by atoms with Gasteiger partial charge in [0.1, 0.15) is 18.1 Å². The summed E-state index contributed by atoms with van der Waals surface area (Å²) in [7, 11) is 1.56. The maximum atomic E-state index is 12.6. The number of amides is 1. The van der Waals surface area contributed by atoms with Crippen LogP contribution in [0.1, 0.15) is 11.1 Å². The molecule has 0 bridgehead atoms. The average Bonchev–Trinajstić information content (AvgIpc) is 3.17. The predicted octanol–water partition coefficient (Wildman–Crippen LogP) is 5.44. The lowest BCUT2D eigenvalue weighted by molar-refractivity contribution is -0.384. The summed E-state index contributed by atoms with van der Waals surface area (Å²) in [5, 5.41) is 17.5. The number of carbonyl (C=O) groups excluding carboxylic acids is 1. The van der Waals surface area contributed by atoms with Crippen LogP contribution in [0.4, 0.5) is 11.4 Å². The third kappa shape index (κ3) is 5.62. The van der Waals surface area contributed by atoms with E-state index in [9.17, 15) is 14.9 Å². The van der Waals surface area contributed by atoms with Crippen molar-refractivity contribution in [3.05, 3.63) is 97.9 Å². The Bertz CT molecular complexity index is 1250. The van der Waals surface area contributed by atoms with E-state index >= 15 is 0 Å². The molecule has 34 heavy (non-hydrogen) atoms. The average molecular weight is 498 g/mol. The summed E-state index contributed by atoms with van der Waals surface area (Å²) < 4.78 is 11.3. The number of anilines is 1. The molecule has 3 aromatic carbocycles. The number of non-ortho nitro benzene ring substituents is 1. The fraction of sp³-hybridized carbons (Fsp3) is 0.125. The van der Waals surface area contributed by atoms with Crippen LogP contribution in [0.5, 0.6) is 11.5 Å². The number of rotatable bonds is 8. The highest BCUT2D eigenvalue weighted by molar-refractivity contribution is 8.05. The molecule has 0 aliphatic carbocycles. The summed E-state index contributed by atoms with van der Waals surface area (Å²) in [4.78, 5) is 23.5. The summed E-state index contributed by atoms with van der Waals surface area (Å²) in [6.07, 6.45) is 1.77. The molecule has 1 atom stereocenters. The summed E-state index contributed by atoms with van der Waals surface area (Å²) in [5.74, 6) is 0.991. The third-order valence-corrected chi connectivity index (χ3v) is 6.19. The normalized spacial score (nSPS) is 16.2. The molecule has 3 aromatic rings. The van der Waals surface area contributed by atoms with E-state index in [1.807, 2.05) is 24.3 Å². The van der Waals surface area contributed by atoms with Crippen LogP contribution in [0.3, 0.4) is 0 Å². The Morgan fingerprint density at radius 1 is 1.15 bits per heavy atom. The quantitative estimate of drug-likeness (QED) is 0.243. The zero-order valence-corrected chi connectivity index (χ0v) is 19.6. The van der Waals surface area contributed by atoms with Crippen LogP contribution in [0, 0.1) is 10.1 Å². The van der Waals surface area contributed by atoms with Gasteiger partial charge >= 0.3 is 0 Å². The molecule has 10 heteroatoms. The van der Waals surface area contributed by atoms with E-state index < -0.39 is 10.4 Å². The lowest BCUT2D eigenvalue weighted by Crippen LogP contribution is -2.31. The van der Waals surface area contributed by atoms with Gasteiger partial charge in [-0.2, -0.15) is 0 Å². The summed E-state index contributed by atoms with van der Waals surface area (Å²) in [6.45, 7) is 0.232. The Kier molecular flexibility index (Phi) is 7.24. The van der Waals surface area contributed by atoms with Gasteiger partial charge in [-0.15, -0.1) is 0 Å². The molecular formula is C24H20ClN3O5S. The zero-order valence-electron chi connectivity index (χ0n) is 18.0. The van der Waals surface area contributed by atoms with E-state index in [0.29, 0.717) is 27.1 Å². The number of nitrogens with one attached hydrogen (secondary N) is 2. The molecule has 0 spiro atoms. The Morgan fingerprint density at radius 3 is 2.65 bits per heavy atom. The zero-order chi connectivity index (χ0) is 24.1. The van der Waals surface area contributed by atoms with Gasteiger partial charge in [0.25, 0.3) is 11.6 Å². The Morgan fingerprint density at radius 2 is 1.91 bits per heavy atom. The van der Waals surface area contributed by atoms with Crippen LogP contribution in [0.15, 0.2) is 71.6 Å². The standard InChI is InChI=1S/C24H20ClN3O5S/c1-32-21-11-8-17(25)13-19(21)26-24-27-23(29)22(34-24)12-16-4-2-3-5-20(16)33-14-15-6-9-18(10-7-15)28(30)31/h2-13,24,26H,14H2,1H3,(H,27,29)/b22-12-. The molecule has 1 saturated heterocycles. The number of methoxy groups -OCH3 is 1. The highest BCUT2D eigenvalue weighted by Gasteiger charge is 2.28. The van der Waals surface area contributed by atoms with E-state index in [4.69, 9.17) is 21.1 Å². The van der Waals surface area contributed by atoms with E-state index in [2.05, 4.69) is 10.6 Å². The van der Waals surface area contributed by atoms with Crippen molar-refractivity contribution < 1.29 is 19.2 Å². The van der Waals surface area contributed by atoms with Crippen LogP contribution in [0.2, 0.25) is 5.02 Å². The first-order valence-electron chi connectivity index (χ1n) is 10.2. The van der Waals surface area contributed by atoms with Gasteiger partial charge < -0.3 is 20.1 Å². The fourth-order valence-corrected chi connectivity index (χ4v) is 4.39. The van der Waals surface area contributed by atoms with Crippen molar-refractivity contribution >= 4 is 46.7 Å². The van der Waals surface area contributed by atoms with Gasteiger partial charge in [-0.25, -0.2) is 0 Å². The molecule has 8 nitrogen and oxygen atoms in total. The number of nitro benzene ring substituents is 1. The molecule has 0 aromatic heterocycles. The number of ether oxygens (including phenoxy) is 2. The molecule has 1 unspecified atom stereocenters. The van der Waals surface area contributed by atoms with Gasteiger partial charge in [0.05, 0.1) is 22.6 Å². The minimum absolute atomic E-state index is 0.0247. The number of hydrogen-bond donors (Lipinski definition) is 2. The van der Waals surface area contributed by atoms with Crippen molar-refractivity contribution in [1.29, 1.82) is 0 Å². The molecule has 1 heterocycles. The number of para-hydroxylation sites is 1. The molecule has 1 fully saturated rings. The van der Waals surface area contributed by atoms with E-state index in [1.165, 1.54) is 23.9 Å². The molecule has 1 aliphatic rings. The minimum Gasteiger partial charge on any atom is -0.495 e. The van der Waals surface area contributed by atoms with E-state index in [0.717, 1.165) is 11.1 Å². The second-order valence-corrected chi connectivity index (χ2v) is 8.80. The van der Waals surface area contributed by atoms with Crippen molar-refractivity contribution in [2.24, 2.45) is 0 Å². The second kappa shape index (κ2) is 10.5. The number of nitrogens with zero attached hydrogens (tertiary/aromatic N) is 1. The molecule has 1 aliphatic heterocycles. The maximum Gasteiger partial charge on any atom is 0.269 e. The van der Waals surface area contributed by atoms with Crippen molar-refractivity contribution in [3.8, 4) is 11.5 Å². The second-order valence-electron chi connectivity index (χ2n) is 7.22. The maximum absolute atomic E-state index is 12.6. The number of thioether (sulfide) groups is 1. The molecule has 174 valence electrons. The minimum atomic E-state index is -0.443. The Labute approximate surface area is 205 Å². The third-order valence-electron chi connectivity index (χ3n) is 4.93. The van der Waals surface area contributed by atoms with Gasteiger partial charge in [-0.1, -0.05) is 41.6 Å². The van der Waals surface area contributed by atoms with Crippen LogP contribution in [0.25, 0.3) is 6.08 Å². The molecule has 1 amide bonds. The van der Waals surface area contributed by atoms with Crippen LogP contribution in [-0.2, 0) is 11.4 Å². The summed E-state index contributed by atoms with van der Waals surface area (Å²) in [5.41, 5.74) is 1.82. The molecule has 4 rings (SSSR count). The smallest absolute Gasteiger partial charge is 0.269 e. The van der Waals surface area contributed by atoms with Crippen molar-refractivity contribution in [2.75, 3.05) is 12.4 Å². The topological polar surface area (TPSA) is 103 Å². The Hall–Kier alpha value is -3.69. The van der Waals surface area contributed by atoms with Gasteiger partial charge in [0.15, 0.2) is 5.50 Å². The number of nitro groups is 1. The predicted molar refractivity (Wildman–Crippen MR) is 133 cm³/mol. The van der Waals surface area contributed by atoms with Gasteiger partial charge in [0, 0.05) is 22.7 Å². The number of benzene rings is 3. The van der Waals surface area contributed by atoms with Gasteiger partial charge in [-0.3, -0.25) is 14.9 Å². The van der Waals surface area contributed by atoms with E-state index in [1.54, 1.807) is 43.5 Å². The number of halogens is 1. The molecule has 2 N–H and O–H groups in total. The number of carbonyl (C=O) groups is 1. The highest BCUT2D eigenvalue weighted by atomic mass is 35.5. The van der Waals surface area contributed by atoms with Crippen molar-refractivity contribution in [1.82, 2.24) is 5.32 Å². The Balaban J connectivity index is 1.46. The van der Waals surface area contributed by atoms with Crippen LogP contribution >= 0.6 is 23.4 Å². The summed E-state index contributed by atoms with van der Waals surface area (Å²) in [6, 6.07) is 18.7.